The summed E-state index contributed by atoms with van der Waals surface area (Å²) in [5.41, 5.74) is 7.12. The first kappa shape index (κ1) is 10.7. The Morgan fingerprint density at radius 3 is 2.69 bits per heavy atom. The van der Waals surface area contributed by atoms with Gasteiger partial charge in [-0.25, -0.2) is 4.98 Å². The first-order chi connectivity index (χ1) is 7.86. The van der Waals surface area contributed by atoms with Gasteiger partial charge in [0.2, 0.25) is 0 Å². The van der Waals surface area contributed by atoms with E-state index in [1.807, 2.05) is 11.3 Å². The monoisotopic (exact) mass is 237 g/mol. The number of nitrogens with two attached hydrogens (primary N) is 1. The Morgan fingerprint density at radius 1 is 1.31 bits per heavy atom. The Morgan fingerprint density at radius 2 is 2.06 bits per heavy atom. The molecule has 1 aromatic rings. The summed E-state index contributed by atoms with van der Waals surface area (Å²) in [6, 6.07) is 0. The summed E-state index contributed by atoms with van der Waals surface area (Å²) in [4.78, 5) is 8.64. The standard InChI is InChI=1S/C12H19N3S/c13-7-10-12(9-3-4-9)14-11(16-10)8-15-5-1-2-6-15/h9H,1-8,13H2. The normalized spacial score (nSPS) is 21.8. The van der Waals surface area contributed by atoms with Crippen LogP contribution >= 0.6 is 11.3 Å². The first-order valence-electron chi connectivity index (χ1n) is 6.27. The summed E-state index contributed by atoms with van der Waals surface area (Å²) in [6.07, 6.45) is 5.34. The molecule has 0 aromatic carbocycles. The summed E-state index contributed by atoms with van der Waals surface area (Å²) in [6.45, 7) is 4.21. The molecule has 88 valence electrons. The third kappa shape index (κ3) is 2.14. The number of aromatic nitrogens is 1. The zero-order valence-electron chi connectivity index (χ0n) is 9.61. The Hall–Kier alpha value is -0.450. The van der Waals surface area contributed by atoms with Gasteiger partial charge in [-0.3, -0.25) is 4.90 Å². The lowest BCUT2D eigenvalue weighted by atomic mass is 10.2. The fourth-order valence-corrected chi connectivity index (χ4v) is 3.51. The number of thiazole rings is 1. The van der Waals surface area contributed by atoms with Gasteiger partial charge < -0.3 is 5.73 Å². The van der Waals surface area contributed by atoms with Crippen LogP contribution in [0.25, 0.3) is 0 Å². The highest BCUT2D eigenvalue weighted by atomic mass is 32.1. The van der Waals surface area contributed by atoms with Crippen LogP contribution in [0.1, 0.15) is 47.2 Å². The van der Waals surface area contributed by atoms with E-state index in [0.717, 1.165) is 12.5 Å². The van der Waals surface area contributed by atoms with Crippen LogP contribution in [-0.4, -0.2) is 23.0 Å². The van der Waals surface area contributed by atoms with Crippen molar-refractivity contribution in [2.45, 2.75) is 44.7 Å². The van der Waals surface area contributed by atoms with Gasteiger partial charge in [-0.1, -0.05) is 0 Å². The van der Waals surface area contributed by atoms with Gasteiger partial charge in [0.25, 0.3) is 0 Å². The summed E-state index contributed by atoms with van der Waals surface area (Å²) in [5, 5.41) is 1.28. The molecule has 2 aliphatic rings. The van der Waals surface area contributed by atoms with E-state index in [2.05, 4.69) is 4.90 Å². The summed E-state index contributed by atoms with van der Waals surface area (Å²) >= 11 is 1.84. The second-order valence-electron chi connectivity index (χ2n) is 4.88. The molecule has 3 nitrogen and oxygen atoms in total. The number of hydrogen-bond donors (Lipinski definition) is 1. The Kier molecular flexibility index (Phi) is 2.96. The van der Waals surface area contributed by atoms with E-state index in [1.165, 1.54) is 54.4 Å². The minimum Gasteiger partial charge on any atom is -0.326 e. The molecule has 0 radical (unpaired) electrons. The van der Waals surface area contributed by atoms with Gasteiger partial charge in [-0.2, -0.15) is 0 Å². The lowest BCUT2D eigenvalue weighted by Gasteiger charge is -2.11. The lowest BCUT2D eigenvalue weighted by molar-refractivity contribution is 0.330. The third-order valence-electron chi connectivity index (χ3n) is 3.48. The van der Waals surface area contributed by atoms with E-state index in [1.54, 1.807) is 0 Å². The summed E-state index contributed by atoms with van der Waals surface area (Å²) < 4.78 is 0. The molecule has 1 aromatic heterocycles. The fraction of sp³-hybridized carbons (Fsp3) is 0.750. The number of rotatable bonds is 4. The number of likely N-dealkylation sites (tertiary alicyclic amines) is 1. The van der Waals surface area contributed by atoms with Crippen molar-refractivity contribution in [3.05, 3.63) is 15.6 Å². The zero-order chi connectivity index (χ0) is 11.0. The first-order valence-corrected chi connectivity index (χ1v) is 7.09. The minimum absolute atomic E-state index is 0.670. The van der Waals surface area contributed by atoms with Crippen molar-refractivity contribution in [1.82, 2.24) is 9.88 Å². The van der Waals surface area contributed by atoms with E-state index < -0.39 is 0 Å². The van der Waals surface area contributed by atoms with E-state index in [0.29, 0.717) is 6.54 Å². The van der Waals surface area contributed by atoms with Crippen molar-refractivity contribution >= 4 is 11.3 Å². The molecule has 1 saturated carbocycles. The average molecular weight is 237 g/mol. The Balaban J connectivity index is 1.73. The highest BCUT2D eigenvalue weighted by Gasteiger charge is 2.29. The van der Waals surface area contributed by atoms with Gasteiger partial charge in [0.15, 0.2) is 0 Å². The van der Waals surface area contributed by atoms with E-state index in [-0.39, 0.29) is 0 Å². The Labute approximate surface area is 101 Å². The van der Waals surface area contributed by atoms with E-state index in [9.17, 15) is 0 Å². The molecule has 0 unspecified atom stereocenters. The largest absolute Gasteiger partial charge is 0.326 e. The average Bonchev–Trinajstić information content (AvgIpc) is 2.86. The number of nitrogens with zero attached hydrogens (tertiary/aromatic N) is 2. The maximum Gasteiger partial charge on any atom is 0.107 e. The molecule has 0 bridgehead atoms. The van der Waals surface area contributed by atoms with Crippen LogP contribution in [0.3, 0.4) is 0 Å². The summed E-state index contributed by atoms with van der Waals surface area (Å²) in [5.74, 6) is 0.738. The highest BCUT2D eigenvalue weighted by Crippen LogP contribution is 2.42. The molecule has 1 saturated heterocycles. The molecule has 2 N–H and O–H groups in total. The quantitative estimate of drug-likeness (QED) is 0.871. The van der Waals surface area contributed by atoms with Crippen molar-refractivity contribution in [1.29, 1.82) is 0 Å². The van der Waals surface area contributed by atoms with Crippen LogP contribution in [0.15, 0.2) is 0 Å². The van der Waals surface area contributed by atoms with Gasteiger partial charge >= 0.3 is 0 Å². The molecule has 1 aliphatic carbocycles. The lowest BCUT2D eigenvalue weighted by Crippen LogP contribution is -2.18. The molecule has 0 atom stereocenters. The van der Waals surface area contributed by atoms with Crippen LogP contribution in [0, 0.1) is 0 Å². The predicted octanol–water partition coefficient (Wildman–Crippen LogP) is 2.08. The molecule has 0 amide bonds. The highest BCUT2D eigenvalue weighted by molar-refractivity contribution is 7.11. The Bertz CT molecular complexity index is 364. The second kappa shape index (κ2) is 4.43. The zero-order valence-corrected chi connectivity index (χ0v) is 10.4. The molecule has 4 heteroatoms. The molecule has 16 heavy (non-hydrogen) atoms. The minimum atomic E-state index is 0.670. The third-order valence-corrected chi connectivity index (χ3v) is 4.56. The molecule has 0 spiro atoms. The molecule has 2 heterocycles. The van der Waals surface area contributed by atoms with Crippen LogP contribution in [0.4, 0.5) is 0 Å². The van der Waals surface area contributed by atoms with Crippen molar-refractivity contribution < 1.29 is 0 Å². The van der Waals surface area contributed by atoms with Gasteiger partial charge in [0, 0.05) is 17.3 Å². The second-order valence-corrected chi connectivity index (χ2v) is 6.05. The van der Waals surface area contributed by atoms with Crippen LogP contribution in [0.5, 0.6) is 0 Å². The van der Waals surface area contributed by atoms with Crippen molar-refractivity contribution in [2.24, 2.45) is 5.73 Å². The topological polar surface area (TPSA) is 42.1 Å². The molecular formula is C12H19N3S. The number of hydrogen-bond acceptors (Lipinski definition) is 4. The predicted molar refractivity (Wildman–Crippen MR) is 66.5 cm³/mol. The van der Waals surface area contributed by atoms with Crippen molar-refractivity contribution in [3.63, 3.8) is 0 Å². The van der Waals surface area contributed by atoms with E-state index >= 15 is 0 Å². The van der Waals surface area contributed by atoms with Crippen LogP contribution in [-0.2, 0) is 13.1 Å². The van der Waals surface area contributed by atoms with Crippen molar-refractivity contribution in [3.8, 4) is 0 Å². The SMILES string of the molecule is NCc1sc(CN2CCCC2)nc1C1CC1. The van der Waals surface area contributed by atoms with Crippen LogP contribution in [0.2, 0.25) is 0 Å². The van der Waals surface area contributed by atoms with Gasteiger partial charge in [0.1, 0.15) is 5.01 Å². The maximum atomic E-state index is 5.79. The molecule has 2 fully saturated rings. The molecular weight excluding hydrogens is 218 g/mol. The summed E-state index contributed by atoms with van der Waals surface area (Å²) in [7, 11) is 0. The van der Waals surface area contributed by atoms with Gasteiger partial charge in [-0.15, -0.1) is 11.3 Å². The van der Waals surface area contributed by atoms with Gasteiger partial charge in [0.05, 0.1) is 12.2 Å². The smallest absolute Gasteiger partial charge is 0.107 e. The molecule has 1 aliphatic heterocycles. The fourth-order valence-electron chi connectivity index (χ4n) is 2.44. The van der Waals surface area contributed by atoms with Gasteiger partial charge in [-0.05, 0) is 38.8 Å². The van der Waals surface area contributed by atoms with Crippen LogP contribution < -0.4 is 5.73 Å². The van der Waals surface area contributed by atoms with Crippen molar-refractivity contribution in [2.75, 3.05) is 13.1 Å². The maximum absolute atomic E-state index is 5.79. The van der Waals surface area contributed by atoms with E-state index in [4.69, 9.17) is 10.7 Å². The molecule has 3 rings (SSSR count).